The molecule has 3 rings (SSSR count). The van der Waals surface area contributed by atoms with Crippen molar-refractivity contribution in [1.82, 2.24) is 9.80 Å². The minimum atomic E-state index is -1.23. The van der Waals surface area contributed by atoms with Gasteiger partial charge in [-0.05, 0) is 36.8 Å². The predicted octanol–water partition coefficient (Wildman–Crippen LogP) is 2.93. The molecule has 1 aromatic carbocycles. The summed E-state index contributed by atoms with van der Waals surface area (Å²) in [7, 11) is 0. The summed E-state index contributed by atoms with van der Waals surface area (Å²) < 4.78 is 5.04. The lowest BCUT2D eigenvalue weighted by molar-refractivity contribution is 0.0617. The molecule has 0 unspecified atom stereocenters. The second kappa shape index (κ2) is 7.71. The van der Waals surface area contributed by atoms with E-state index < -0.39 is 11.9 Å². The molecular weight excluding hydrogens is 374 g/mol. The summed E-state index contributed by atoms with van der Waals surface area (Å²) in [5.41, 5.74) is 1.52. The number of hydrogen-bond acceptors (Lipinski definition) is 4. The van der Waals surface area contributed by atoms with Crippen LogP contribution in [0, 0.1) is 6.92 Å². The van der Waals surface area contributed by atoms with Crippen molar-refractivity contribution < 1.29 is 23.9 Å². The molecule has 1 aliphatic rings. The van der Waals surface area contributed by atoms with E-state index in [2.05, 4.69) is 5.32 Å². The van der Waals surface area contributed by atoms with E-state index in [4.69, 9.17) is 21.1 Å². The molecule has 2 heterocycles. The number of carbonyl (C=O) groups is 3. The molecule has 3 amide bonds. The minimum Gasteiger partial charge on any atom is -0.475 e. The van der Waals surface area contributed by atoms with Crippen molar-refractivity contribution in [3.8, 4) is 0 Å². The number of nitrogens with one attached hydrogen (secondary N) is 1. The summed E-state index contributed by atoms with van der Waals surface area (Å²) >= 11 is 6.06. The Bertz CT molecular complexity index is 887. The van der Waals surface area contributed by atoms with E-state index in [0.29, 0.717) is 36.9 Å². The molecule has 2 N–H and O–H groups in total. The van der Waals surface area contributed by atoms with Crippen LogP contribution in [-0.4, -0.2) is 59.0 Å². The second-order valence-corrected chi connectivity index (χ2v) is 6.55. The number of aryl methyl sites for hydroxylation is 1. The number of furan rings is 1. The van der Waals surface area contributed by atoms with E-state index in [1.165, 1.54) is 17.0 Å². The molecule has 0 bridgehead atoms. The lowest BCUT2D eigenvalue weighted by atomic mass is 10.2. The topological polar surface area (TPSA) is 103 Å². The molecule has 2 aromatic rings. The lowest BCUT2D eigenvalue weighted by Gasteiger charge is -2.34. The summed E-state index contributed by atoms with van der Waals surface area (Å²) in [6.45, 7) is 3.23. The summed E-state index contributed by atoms with van der Waals surface area (Å²) in [6.07, 6.45) is 0. The van der Waals surface area contributed by atoms with Crippen LogP contribution in [0.25, 0.3) is 0 Å². The van der Waals surface area contributed by atoms with Crippen molar-refractivity contribution in [2.24, 2.45) is 0 Å². The zero-order chi connectivity index (χ0) is 19.6. The maximum atomic E-state index is 12.4. The molecule has 1 aromatic heterocycles. The number of piperazine rings is 1. The Morgan fingerprint density at radius 1 is 1.04 bits per heavy atom. The number of carboxylic acids is 1. The molecule has 0 spiro atoms. The second-order valence-electron chi connectivity index (χ2n) is 6.14. The highest BCUT2D eigenvalue weighted by molar-refractivity contribution is 6.31. The van der Waals surface area contributed by atoms with Gasteiger partial charge in [-0.3, -0.25) is 4.79 Å². The van der Waals surface area contributed by atoms with Crippen molar-refractivity contribution >= 4 is 35.2 Å². The number of carbonyl (C=O) groups excluding carboxylic acids is 2. The first-order valence-electron chi connectivity index (χ1n) is 8.29. The third kappa shape index (κ3) is 4.22. The van der Waals surface area contributed by atoms with Gasteiger partial charge in [0.25, 0.3) is 5.91 Å². The summed E-state index contributed by atoms with van der Waals surface area (Å²) in [4.78, 5) is 38.7. The van der Waals surface area contributed by atoms with Crippen molar-refractivity contribution in [2.75, 3.05) is 31.5 Å². The van der Waals surface area contributed by atoms with Crippen LogP contribution in [0.5, 0.6) is 0 Å². The van der Waals surface area contributed by atoms with Crippen LogP contribution in [0.3, 0.4) is 0 Å². The molecule has 0 saturated carbocycles. The normalized spacial score (nSPS) is 14.1. The Morgan fingerprint density at radius 2 is 1.67 bits per heavy atom. The smallest absolute Gasteiger partial charge is 0.371 e. The molecule has 27 heavy (non-hydrogen) atoms. The molecule has 0 aliphatic carbocycles. The molecule has 1 saturated heterocycles. The third-order valence-electron chi connectivity index (χ3n) is 4.30. The van der Waals surface area contributed by atoms with Crippen LogP contribution < -0.4 is 5.32 Å². The number of aromatic carboxylic acids is 1. The van der Waals surface area contributed by atoms with E-state index in [1.807, 2.05) is 13.0 Å². The SMILES string of the molecule is Cc1ccc(NC(=O)N2CCN(C(=O)c3ccc(C(=O)O)o3)CC2)cc1Cl. The van der Waals surface area contributed by atoms with Crippen LogP contribution in [0.4, 0.5) is 10.5 Å². The van der Waals surface area contributed by atoms with Gasteiger partial charge in [0.05, 0.1) is 0 Å². The van der Waals surface area contributed by atoms with Gasteiger partial charge in [-0.2, -0.15) is 0 Å². The van der Waals surface area contributed by atoms with E-state index >= 15 is 0 Å². The largest absolute Gasteiger partial charge is 0.475 e. The molecule has 8 nitrogen and oxygen atoms in total. The summed E-state index contributed by atoms with van der Waals surface area (Å²) in [5, 5.41) is 12.2. The minimum absolute atomic E-state index is 0.0281. The van der Waals surface area contributed by atoms with Gasteiger partial charge in [-0.25, -0.2) is 9.59 Å². The van der Waals surface area contributed by atoms with Crippen molar-refractivity contribution in [2.45, 2.75) is 6.92 Å². The van der Waals surface area contributed by atoms with Crippen LogP contribution in [0.2, 0.25) is 5.02 Å². The number of anilines is 1. The maximum absolute atomic E-state index is 12.4. The Hall–Kier alpha value is -3.00. The fourth-order valence-electron chi connectivity index (χ4n) is 2.71. The van der Waals surface area contributed by atoms with Gasteiger partial charge in [0, 0.05) is 36.9 Å². The number of benzene rings is 1. The van der Waals surface area contributed by atoms with Crippen LogP contribution in [0.1, 0.15) is 26.7 Å². The first kappa shape index (κ1) is 18.8. The first-order valence-corrected chi connectivity index (χ1v) is 8.67. The first-order chi connectivity index (χ1) is 12.8. The average molecular weight is 392 g/mol. The highest BCUT2D eigenvalue weighted by Crippen LogP contribution is 2.20. The third-order valence-corrected chi connectivity index (χ3v) is 4.71. The zero-order valence-electron chi connectivity index (χ0n) is 14.6. The fraction of sp³-hybridized carbons (Fsp3) is 0.278. The Balaban J connectivity index is 1.56. The quantitative estimate of drug-likeness (QED) is 0.837. The van der Waals surface area contributed by atoms with Crippen molar-refractivity contribution in [1.29, 1.82) is 0 Å². The highest BCUT2D eigenvalue weighted by Gasteiger charge is 2.27. The van der Waals surface area contributed by atoms with Gasteiger partial charge in [-0.1, -0.05) is 17.7 Å². The predicted molar refractivity (Wildman–Crippen MR) is 98.4 cm³/mol. The maximum Gasteiger partial charge on any atom is 0.371 e. The molecule has 1 fully saturated rings. The van der Waals surface area contributed by atoms with Crippen LogP contribution >= 0.6 is 11.6 Å². The molecular formula is C18H18ClN3O5. The number of halogens is 1. The van der Waals surface area contributed by atoms with E-state index in [9.17, 15) is 14.4 Å². The number of rotatable bonds is 3. The van der Waals surface area contributed by atoms with Gasteiger partial charge in [0.1, 0.15) is 0 Å². The summed E-state index contributed by atoms with van der Waals surface area (Å²) in [6, 6.07) is 7.59. The lowest BCUT2D eigenvalue weighted by Crippen LogP contribution is -2.51. The Kier molecular flexibility index (Phi) is 5.36. The molecule has 0 atom stereocenters. The standard InChI is InChI=1S/C18H18ClN3O5/c1-11-2-3-12(10-13(11)19)20-18(26)22-8-6-21(7-9-22)16(23)14-4-5-15(27-14)17(24)25/h2-5,10H,6-9H2,1H3,(H,20,26)(H,24,25). The zero-order valence-corrected chi connectivity index (χ0v) is 15.3. The monoisotopic (exact) mass is 391 g/mol. The Labute approximate surface area is 160 Å². The summed E-state index contributed by atoms with van der Waals surface area (Å²) in [5.74, 6) is -1.94. The van der Waals surface area contributed by atoms with Gasteiger partial charge < -0.3 is 24.6 Å². The number of hydrogen-bond donors (Lipinski definition) is 2. The van der Waals surface area contributed by atoms with E-state index in [1.54, 1.807) is 17.0 Å². The molecule has 142 valence electrons. The van der Waals surface area contributed by atoms with Gasteiger partial charge >= 0.3 is 12.0 Å². The average Bonchev–Trinajstić information content (AvgIpc) is 3.15. The molecule has 1 aliphatic heterocycles. The van der Waals surface area contributed by atoms with Gasteiger partial charge in [-0.15, -0.1) is 0 Å². The number of urea groups is 1. The number of carboxylic acid groups (broad SMARTS) is 1. The number of nitrogens with zero attached hydrogens (tertiary/aromatic N) is 2. The van der Waals surface area contributed by atoms with Crippen LogP contribution in [-0.2, 0) is 0 Å². The van der Waals surface area contributed by atoms with Crippen molar-refractivity contribution in [3.05, 3.63) is 52.4 Å². The van der Waals surface area contributed by atoms with Gasteiger partial charge in [0.15, 0.2) is 5.76 Å². The van der Waals surface area contributed by atoms with Crippen LogP contribution in [0.15, 0.2) is 34.7 Å². The Morgan fingerprint density at radius 3 is 2.26 bits per heavy atom. The highest BCUT2D eigenvalue weighted by atomic mass is 35.5. The number of amides is 3. The molecule has 0 radical (unpaired) electrons. The van der Waals surface area contributed by atoms with E-state index in [-0.39, 0.29) is 17.6 Å². The fourth-order valence-corrected chi connectivity index (χ4v) is 2.89. The van der Waals surface area contributed by atoms with E-state index in [0.717, 1.165) is 5.56 Å². The molecule has 9 heteroatoms. The van der Waals surface area contributed by atoms with Gasteiger partial charge in [0.2, 0.25) is 5.76 Å². The van der Waals surface area contributed by atoms with Crippen molar-refractivity contribution in [3.63, 3.8) is 0 Å².